The molecule has 0 aromatic rings. The Morgan fingerprint density at radius 1 is 0.339 bits per heavy atom. The average molecular weight is 882 g/mol. The highest BCUT2D eigenvalue weighted by Crippen LogP contribution is 2.16. The Morgan fingerprint density at radius 2 is 0.613 bits per heavy atom. The first-order valence-corrected chi connectivity index (χ1v) is 26.0. The van der Waals surface area contributed by atoms with Crippen molar-refractivity contribution in [1.29, 1.82) is 0 Å². The number of carboxylic acids is 3. The SMILES string of the molecule is CCCCCCCCCCCCCCCCCCN(CCCCCCCCCCCCCCCCCC)C(=O)CN(CCNCC(=O)O)CCN(CCNCC(=O)O)CC(=O)O. The van der Waals surface area contributed by atoms with Gasteiger partial charge in [-0.3, -0.25) is 29.0 Å². The molecule has 0 rings (SSSR count). The lowest BCUT2D eigenvalue weighted by atomic mass is 10.0. The fraction of sp³-hybridized carbons (Fsp3) is 0.920. The molecule has 12 nitrogen and oxygen atoms in total. The fourth-order valence-electron chi connectivity index (χ4n) is 8.23. The van der Waals surface area contributed by atoms with Crippen LogP contribution >= 0.6 is 0 Å². The van der Waals surface area contributed by atoms with Crippen LogP contribution in [0.5, 0.6) is 0 Å². The molecule has 0 heterocycles. The van der Waals surface area contributed by atoms with Gasteiger partial charge in [-0.15, -0.1) is 0 Å². The van der Waals surface area contributed by atoms with Crippen LogP contribution in [-0.4, -0.2) is 132 Å². The van der Waals surface area contributed by atoms with Gasteiger partial charge in [0.2, 0.25) is 5.91 Å². The molecule has 0 aliphatic rings. The van der Waals surface area contributed by atoms with Crippen LogP contribution in [0.25, 0.3) is 0 Å². The van der Waals surface area contributed by atoms with Crippen LogP contribution in [0, 0.1) is 0 Å². The number of carbonyl (C=O) groups excluding carboxylic acids is 1. The molecule has 1 amide bonds. The zero-order valence-electron chi connectivity index (χ0n) is 40.4. The van der Waals surface area contributed by atoms with Crippen LogP contribution in [0.15, 0.2) is 0 Å². The van der Waals surface area contributed by atoms with Crippen LogP contribution in [0.4, 0.5) is 0 Å². The largest absolute Gasteiger partial charge is 0.480 e. The van der Waals surface area contributed by atoms with Crippen molar-refractivity contribution in [1.82, 2.24) is 25.3 Å². The van der Waals surface area contributed by atoms with Gasteiger partial charge < -0.3 is 30.9 Å². The van der Waals surface area contributed by atoms with Crippen molar-refractivity contribution < 1.29 is 34.5 Å². The summed E-state index contributed by atoms with van der Waals surface area (Å²) in [5.41, 5.74) is 0. The van der Waals surface area contributed by atoms with E-state index in [9.17, 15) is 24.3 Å². The zero-order chi connectivity index (χ0) is 45.6. The number of hydrogen-bond acceptors (Lipinski definition) is 8. The first-order chi connectivity index (χ1) is 30.2. The van der Waals surface area contributed by atoms with Gasteiger partial charge in [0.25, 0.3) is 0 Å². The van der Waals surface area contributed by atoms with E-state index in [4.69, 9.17) is 10.2 Å². The number of unbranched alkanes of at least 4 members (excludes halogenated alkanes) is 30. The van der Waals surface area contributed by atoms with Crippen LogP contribution in [0.2, 0.25) is 0 Å². The van der Waals surface area contributed by atoms with Crippen molar-refractivity contribution in [3.8, 4) is 0 Å². The van der Waals surface area contributed by atoms with Crippen molar-refractivity contribution >= 4 is 23.8 Å². The van der Waals surface area contributed by atoms with Crippen LogP contribution < -0.4 is 10.6 Å². The van der Waals surface area contributed by atoms with E-state index in [1.165, 1.54) is 180 Å². The Bertz CT molecular complexity index is 1000. The smallest absolute Gasteiger partial charge is 0.317 e. The molecule has 0 radical (unpaired) electrons. The number of carboxylic acid groups (broad SMARTS) is 3. The Balaban J connectivity index is 4.98. The van der Waals surface area contributed by atoms with E-state index < -0.39 is 17.9 Å². The molecular weight excluding hydrogens is 783 g/mol. The highest BCUT2D eigenvalue weighted by molar-refractivity contribution is 5.78. The lowest BCUT2D eigenvalue weighted by molar-refractivity contribution is -0.139. The van der Waals surface area contributed by atoms with Gasteiger partial charge in [-0.2, -0.15) is 0 Å². The van der Waals surface area contributed by atoms with Gasteiger partial charge in [0.05, 0.1) is 26.2 Å². The number of aliphatic carboxylic acids is 3. The van der Waals surface area contributed by atoms with Gasteiger partial charge in [-0.1, -0.05) is 206 Å². The molecule has 5 N–H and O–H groups in total. The second-order valence-electron chi connectivity index (χ2n) is 18.1. The van der Waals surface area contributed by atoms with Crippen molar-refractivity contribution in [2.45, 2.75) is 219 Å². The molecule has 0 aliphatic carbocycles. The van der Waals surface area contributed by atoms with Crippen molar-refractivity contribution in [2.75, 3.05) is 78.5 Å². The van der Waals surface area contributed by atoms with Crippen LogP contribution in [0.3, 0.4) is 0 Å². The summed E-state index contributed by atoms with van der Waals surface area (Å²) < 4.78 is 0. The number of carbonyl (C=O) groups is 4. The monoisotopic (exact) mass is 882 g/mol. The summed E-state index contributed by atoms with van der Waals surface area (Å²) in [7, 11) is 0. The highest BCUT2D eigenvalue weighted by Gasteiger charge is 2.19. The maximum atomic E-state index is 14.0. The predicted octanol–water partition coefficient (Wildman–Crippen LogP) is 10.4. The second kappa shape index (κ2) is 46.7. The first-order valence-electron chi connectivity index (χ1n) is 26.0. The second-order valence-corrected chi connectivity index (χ2v) is 18.1. The molecule has 0 saturated carbocycles. The van der Waals surface area contributed by atoms with E-state index >= 15 is 0 Å². The van der Waals surface area contributed by atoms with E-state index in [0.717, 1.165) is 38.8 Å². The van der Waals surface area contributed by atoms with Crippen LogP contribution in [0.1, 0.15) is 219 Å². The van der Waals surface area contributed by atoms with E-state index in [0.29, 0.717) is 39.3 Å². The maximum absolute atomic E-state index is 14.0. The van der Waals surface area contributed by atoms with Gasteiger partial charge >= 0.3 is 17.9 Å². The maximum Gasteiger partial charge on any atom is 0.317 e. The van der Waals surface area contributed by atoms with E-state index in [-0.39, 0.29) is 32.1 Å². The van der Waals surface area contributed by atoms with Crippen molar-refractivity contribution in [2.24, 2.45) is 0 Å². The highest BCUT2D eigenvalue weighted by atomic mass is 16.4. The summed E-state index contributed by atoms with van der Waals surface area (Å²) in [5.74, 6) is -2.83. The zero-order valence-corrected chi connectivity index (χ0v) is 40.4. The summed E-state index contributed by atoms with van der Waals surface area (Å²) >= 11 is 0. The lowest BCUT2D eigenvalue weighted by Crippen LogP contribution is -2.47. The van der Waals surface area contributed by atoms with Gasteiger partial charge in [0.15, 0.2) is 0 Å². The minimum atomic E-state index is -0.975. The molecule has 62 heavy (non-hydrogen) atoms. The molecule has 0 fully saturated rings. The first kappa shape index (κ1) is 59.7. The van der Waals surface area contributed by atoms with Crippen molar-refractivity contribution in [3.63, 3.8) is 0 Å². The van der Waals surface area contributed by atoms with Crippen molar-refractivity contribution in [3.05, 3.63) is 0 Å². The molecule has 0 saturated heterocycles. The summed E-state index contributed by atoms with van der Waals surface area (Å²) in [4.78, 5) is 53.4. The molecule has 12 heteroatoms. The van der Waals surface area contributed by atoms with Gasteiger partial charge in [-0.05, 0) is 12.8 Å². The normalized spacial score (nSPS) is 11.5. The minimum Gasteiger partial charge on any atom is -0.480 e. The third kappa shape index (κ3) is 44.3. The number of amides is 1. The molecular formula is C50H99N5O7. The Hall–Kier alpha value is -2.28. The van der Waals surface area contributed by atoms with Crippen LogP contribution in [-0.2, 0) is 19.2 Å². The topological polar surface area (TPSA) is 163 Å². The predicted molar refractivity (Wildman–Crippen MR) is 257 cm³/mol. The third-order valence-corrected chi connectivity index (χ3v) is 12.1. The Kier molecular flexibility index (Phi) is 45.0. The fourth-order valence-corrected chi connectivity index (χ4v) is 8.23. The lowest BCUT2D eigenvalue weighted by Gasteiger charge is -2.30. The number of rotatable bonds is 51. The number of nitrogens with one attached hydrogen (secondary N) is 2. The van der Waals surface area contributed by atoms with Gasteiger partial charge in [-0.25, -0.2) is 0 Å². The Morgan fingerprint density at radius 3 is 0.887 bits per heavy atom. The minimum absolute atomic E-state index is 0.0677. The molecule has 0 spiro atoms. The summed E-state index contributed by atoms with van der Waals surface area (Å²) in [6.07, 6.45) is 41.8. The molecule has 0 aliphatic heterocycles. The van der Waals surface area contributed by atoms with E-state index in [2.05, 4.69) is 24.5 Å². The van der Waals surface area contributed by atoms with E-state index in [1.54, 1.807) is 4.90 Å². The summed E-state index contributed by atoms with van der Waals surface area (Å²) in [5, 5.41) is 33.3. The standard InChI is InChI=1S/C50H99N5O7/c1-3-5-7-9-11-13-15-17-19-21-23-25-27-29-31-33-37-55(38-34-32-30-28-26-24-22-20-18-16-14-12-10-8-6-4-2)47(56)45-53(39-35-51-43-48(57)58)41-42-54(46-50(61)62)40-36-52-44-49(59)60/h51-52H,3-46H2,1-2H3,(H,57,58)(H,59,60)(H,61,62). The van der Waals surface area contributed by atoms with Gasteiger partial charge in [0, 0.05) is 52.4 Å². The molecule has 0 aromatic carbocycles. The quantitative estimate of drug-likeness (QED) is 0.0370. The summed E-state index contributed by atoms with van der Waals surface area (Å²) in [6.45, 7) is 7.95. The average Bonchev–Trinajstić information content (AvgIpc) is 3.23. The van der Waals surface area contributed by atoms with E-state index in [1.807, 2.05) is 9.80 Å². The molecule has 366 valence electrons. The molecule has 0 bridgehead atoms. The van der Waals surface area contributed by atoms with Gasteiger partial charge in [0.1, 0.15) is 0 Å². The molecule has 0 unspecified atom stereocenters. The molecule has 0 atom stereocenters. The number of hydrogen-bond donors (Lipinski definition) is 5. The molecule has 0 aromatic heterocycles. The summed E-state index contributed by atoms with van der Waals surface area (Å²) in [6, 6.07) is 0. The number of nitrogens with zero attached hydrogens (tertiary/aromatic N) is 3. The third-order valence-electron chi connectivity index (χ3n) is 12.1. The Labute approximate surface area is 380 Å².